The van der Waals surface area contributed by atoms with Crippen LogP contribution in [0.15, 0.2) is 30.3 Å². The van der Waals surface area contributed by atoms with Gasteiger partial charge in [0, 0.05) is 24.2 Å². The van der Waals surface area contributed by atoms with Crippen LogP contribution in [-0.2, 0) is 0 Å². The van der Waals surface area contributed by atoms with Gasteiger partial charge in [0.1, 0.15) is 17.6 Å². The molecule has 0 N–H and O–H groups in total. The summed E-state index contributed by atoms with van der Waals surface area (Å²) >= 11 is 0. The number of likely N-dealkylation sites (tertiary alicyclic amines) is 1. The second kappa shape index (κ2) is 6.17. The highest BCUT2D eigenvalue weighted by Crippen LogP contribution is 2.28. The molecule has 1 amide bonds. The third-order valence-electron chi connectivity index (χ3n) is 4.09. The van der Waals surface area contributed by atoms with Gasteiger partial charge >= 0.3 is 0 Å². The van der Waals surface area contributed by atoms with Crippen LogP contribution >= 0.6 is 0 Å². The molecule has 1 aromatic carbocycles. The Kier molecular flexibility index (Phi) is 4.07. The highest BCUT2D eigenvalue weighted by Gasteiger charge is 2.23. The number of hydrogen-bond donors (Lipinski definition) is 0. The molecule has 0 saturated carbocycles. The quantitative estimate of drug-likeness (QED) is 0.855. The van der Waals surface area contributed by atoms with E-state index in [0.717, 1.165) is 12.8 Å². The highest BCUT2D eigenvalue weighted by atomic mass is 19.1. The first-order valence-electron chi connectivity index (χ1n) is 7.57. The summed E-state index contributed by atoms with van der Waals surface area (Å²) in [5, 5.41) is 9.38. The number of halogens is 1. The Morgan fingerprint density at radius 1 is 1.26 bits per heavy atom. The maximum absolute atomic E-state index is 14.1. The maximum atomic E-state index is 14.1. The van der Waals surface area contributed by atoms with Gasteiger partial charge in [-0.2, -0.15) is 5.26 Å². The molecule has 116 valence electrons. The minimum Gasteiger partial charge on any atom is -0.337 e. The Morgan fingerprint density at radius 2 is 1.96 bits per heavy atom. The summed E-state index contributed by atoms with van der Waals surface area (Å²) in [5.74, 6) is -0.582. The number of carbonyl (C=O) groups excluding carboxylic acids is 1. The van der Waals surface area contributed by atoms with Gasteiger partial charge in [-0.25, -0.2) is 9.37 Å². The number of aryl methyl sites for hydroxylation is 1. The average molecular weight is 309 g/mol. The van der Waals surface area contributed by atoms with Crippen molar-refractivity contribution in [3.8, 4) is 17.2 Å². The zero-order valence-electron chi connectivity index (χ0n) is 12.8. The minimum atomic E-state index is -0.422. The molecule has 1 saturated heterocycles. The number of rotatable bonds is 2. The first-order valence-corrected chi connectivity index (χ1v) is 7.57. The molecule has 0 aliphatic carbocycles. The topological polar surface area (TPSA) is 57.0 Å². The number of amides is 1. The minimum absolute atomic E-state index is 0.160. The van der Waals surface area contributed by atoms with E-state index in [-0.39, 0.29) is 11.6 Å². The second-order valence-corrected chi connectivity index (χ2v) is 5.61. The number of pyridine rings is 1. The van der Waals surface area contributed by atoms with Crippen molar-refractivity contribution >= 4 is 5.91 Å². The molecule has 23 heavy (non-hydrogen) atoms. The molecule has 0 spiro atoms. The van der Waals surface area contributed by atoms with Crippen LogP contribution in [0, 0.1) is 24.1 Å². The summed E-state index contributed by atoms with van der Waals surface area (Å²) in [6, 6.07) is 9.85. The zero-order valence-corrected chi connectivity index (χ0v) is 12.8. The third-order valence-corrected chi connectivity index (χ3v) is 4.09. The molecule has 5 heteroatoms. The van der Waals surface area contributed by atoms with E-state index in [0.29, 0.717) is 35.5 Å². The third kappa shape index (κ3) is 2.80. The van der Waals surface area contributed by atoms with Gasteiger partial charge < -0.3 is 4.90 Å². The van der Waals surface area contributed by atoms with Gasteiger partial charge in [-0.15, -0.1) is 0 Å². The number of aromatic nitrogens is 1. The molecule has 2 aromatic rings. The Hall–Kier alpha value is -2.74. The Labute approximate surface area is 134 Å². The predicted molar refractivity (Wildman–Crippen MR) is 84.2 cm³/mol. The van der Waals surface area contributed by atoms with Crippen LogP contribution in [0.25, 0.3) is 11.1 Å². The molecule has 0 bridgehead atoms. The zero-order chi connectivity index (χ0) is 16.4. The SMILES string of the molecule is Cc1nc(C(=O)N2CCCC2)cc(-c2ccccc2F)c1C#N. The largest absolute Gasteiger partial charge is 0.337 e. The number of nitrogens with zero attached hydrogens (tertiary/aromatic N) is 3. The van der Waals surface area contributed by atoms with Crippen LogP contribution in [0.4, 0.5) is 4.39 Å². The Morgan fingerprint density at radius 3 is 2.61 bits per heavy atom. The lowest BCUT2D eigenvalue weighted by atomic mass is 9.98. The van der Waals surface area contributed by atoms with Gasteiger partial charge in [-0.05, 0) is 31.9 Å². The number of hydrogen-bond acceptors (Lipinski definition) is 3. The standard InChI is InChI=1S/C18H16FN3O/c1-12-15(11-20)14(13-6-2-3-7-16(13)19)10-17(21-12)18(23)22-8-4-5-9-22/h2-3,6-7,10H,4-5,8-9H2,1H3. The first-order chi connectivity index (χ1) is 11.1. The molecule has 1 aliphatic heterocycles. The average Bonchev–Trinajstić information content (AvgIpc) is 3.08. The smallest absolute Gasteiger partial charge is 0.272 e. The molecular weight excluding hydrogens is 293 g/mol. The Balaban J connectivity index is 2.13. The van der Waals surface area contributed by atoms with Gasteiger partial charge in [-0.1, -0.05) is 18.2 Å². The number of carbonyl (C=O) groups is 1. The van der Waals surface area contributed by atoms with E-state index in [1.54, 1.807) is 30.0 Å². The summed E-state index contributed by atoms with van der Waals surface area (Å²) in [6.45, 7) is 3.10. The van der Waals surface area contributed by atoms with Gasteiger partial charge in [0.15, 0.2) is 0 Å². The van der Waals surface area contributed by atoms with E-state index in [1.807, 2.05) is 0 Å². The van der Waals surface area contributed by atoms with Crippen LogP contribution in [0.3, 0.4) is 0 Å². The normalized spacial score (nSPS) is 13.9. The van der Waals surface area contributed by atoms with Gasteiger partial charge in [0.05, 0.1) is 11.3 Å². The maximum Gasteiger partial charge on any atom is 0.272 e. The van der Waals surface area contributed by atoms with Crippen LogP contribution < -0.4 is 0 Å². The van der Waals surface area contributed by atoms with Crippen molar-refractivity contribution in [2.24, 2.45) is 0 Å². The number of nitriles is 1. The van der Waals surface area contributed by atoms with Crippen molar-refractivity contribution in [2.75, 3.05) is 13.1 Å². The molecule has 1 aliphatic rings. The predicted octanol–water partition coefficient (Wildman–Crippen LogP) is 3.30. The van der Waals surface area contributed by atoms with Crippen molar-refractivity contribution in [1.29, 1.82) is 5.26 Å². The van der Waals surface area contributed by atoms with Crippen LogP contribution in [-0.4, -0.2) is 28.9 Å². The van der Waals surface area contributed by atoms with E-state index in [1.165, 1.54) is 12.1 Å². The van der Waals surface area contributed by atoms with E-state index < -0.39 is 5.82 Å². The Bertz CT molecular complexity index is 804. The van der Waals surface area contributed by atoms with Crippen LogP contribution in [0.5, 0.6) is 0 Å². The molecule has 2 heterocycles. The molecule has 0 radical (unpaired) electrons. The van der Waals surface area contributed by atoms with Gasteiger partial charge in [-0.3, -0.25) is 4.79 Å². The van der Waals surface area contributed by atoms with Gasteiger partial charge in [0.2, 0.25) is 0 Å². The first kappa shape index (κ1) is 15.2. The molecule has 1 fully saturated rings. The fourth-order valence-corrected chi connectivity index (χ4v) is 2.90. The summed E-state index contributed by atoms with van der Waals surface area (Å²) in [7, 11) is 0. The lowest BCUT2D eigenvalue weighted by Gasteiger charge is -2.16. The lowest BCUT2D eigenvalue weighted by Crippen LogP contribution is -2.28. The summed E-state index contributed by atoms with van der Waals surface area (Å²) in [4.78, 5) is 18.6. The van der Waals surface area contributed by atoms with Crippen LogP contribution in [0.2, 0.25) is 0 Å². The molecule has 3 rings (SSSR count). The molecule has 1 aromatic heterocycles. The number of benzene rings is 1. The molecule has 4 nitrogen and oxygen atoms in total. The van der Waals surface area contributed by atoms with Crippen molar-refractivity contribution in [2.45, 2.75) is 19.8 Å². The van der Waals surface area contributed by atoms with E-state index in [9.17, 15) is 14.4 Å². The molecule has 0 atom stereocenters. The lowest BCUT2D eigenvalue weighted by molar-refractivity contribution is 0.0787. The van der Waals surface area contributed by atoms with E-state index in [4.69, 9.17) is 0 Å². The van der Waals surface area contributed by atoms with Crippen molar-refractivity contribution in [3.63, 3.8) is 0 Å². The van der Waals surface area contributed by atoms with E-state index >= 15 is 0 Å². The summed E-state index contributed by atoms with van der Waals surface area (Å²) in [6.07, 6.45) is 1.97. The monoisotopic (exact) mass is 309 g/mol. The summed E-state index contributed by atoms with van der Waals surface area (Å²) in [5.41, 5.74) is 1.73. The molecular formula is C18H16FN3O. The van der Waals surface area contributed by atoms with Crippen LogP contribution in [0.1, 0.15) is 34.6 Å². The van der Waals surface area contributed by atoms with Crippen molar-refractivity contribution < 1.29 is 9.18 Å². The van der Waals surface area contributed by atoms with Crippen molar-refractivity contribution in [1.82, 2.24) is 9.88 Å². The summed E-state index contributed by atoms with van der Waals surface area (Å²) < 4.78 is 14.1. The fourth-order valence-electron chi connectivity index (χ4n) is 2.90. The second-order valence-electron chi connectivity index (χ2n) is 5.61. The highest BCUT2D eigenvalue weighted by molar-refractivity contribution is 5.94. The van der Waals surface area contributed by atoms with Crippen molar-refractivity contribution in [3.05, 3.63) is 53.1 Å². The fraction of sp³-hybridized carbons (Fsp3) is 0.278. The van der Waals surface area contributed by atoms with Gasteiger partial charge in [0.25, 0.3) is 5.91 Å². The molecule has 0 unspecified atom stereocenters. The van der Waals surface area contributed by atoms with E-state index in [2.05, 4.69) is 11.1 Å².